The molecule has 13 nitrogen and oxygen atoms in total. The number of rotatable bonds is 13. The summed E-state index contributed by atoms with van der Waals surface area (Å²) in [7, 11) is 0. The summed E-state index contributed by atoms with van der Waals surface area (Å²) in [5, 5.41) is 16.9. The average molecular weight is 488 g/mol. The normalized spacial score (nSPS) is 14.1. The molecule has 0 radical (unpaired) electrons. The van der Waals surface area contributed by atoms with Gasteiger partial charge in [-0.2, -0.15) is 0 Å². The van der Waals surface area contributed by atoms with Gasteiger partial charge in [-0.25, -0.2) is 9.78 Å². The van der Waals surface area contributed by atoms with Crippen molar-refractivity contribution >= 4 is 29.6 Å². The van der Waals surface area contributed by atoms with Crippen LogP contribution in [-0.4, -0.2) is 68.8 Å². The molecule has 0 spiro atoms. The minimum Gasteiger partial charge on any atom is -0.480 e. The highest BCUT2D eigenvalue weighted by atomic mass is 16.4. The highest BCUT2D eigenvalue weighted by molar-refractivity contribution is 5.94. The lowest BCUT2D eigenvalue weighted by atomic mass is 10.0. The van der Waals surface area contributed by atoms with Gasteiger partial charge in [0.05, 0.1) is 18.8 Å². The number of carboxylic acid groups (broad SMARTS) is 1. The monoisotopic (exact) mass is 487 g/mol. The SMILES string of the molecule is CC(NC(=O)C(N)CC(N)=O)C(=O)NC(Cc1cnc[nH]1)C(=O)NC(Cc1ccccc1)C(=O)O. The summed E-state index contributed by atoms with van der Waals surface area (Å²) in [6.45, 7) is 1.37. The van der Waals surface area contributed by atoms with E-state index in [-0.39, 0.29) is 12.8 Å². The van der Waals surface area contributed by atoms with Crippen LogP contribution in [0.4, 0.5) is 0 Å². The number of aliphatic carboxylic acids is 1. The number of primary amides is 1. The van der Waals surface area contributed by atoms with E-state index in [2.05, 4.69) is 25.9 Å². The van der Waals surface area contributed by atoms with Crippen molar-refractivity contribution in [3.8, 4) is 0 Å². The molecule has 13 heteroatoms. The number of amides is 4. The van der Waals surface area contributed by atoms with Crippen molar-refractivity contribution < 1.29 is 29.1 Å². The van der Waals surface area contributed by atoms with Crippen molar-refractivity contribution in [3.05, 3.63) is 54.1 Å². The maximum atomic E-state index is 13.0. The number of imidazole rings is 1. The van der Waals surface area contributed by atoms with E-state index in [9.17, 15) is 29.1 Å². The van der Waals surface area contributed by atoms with Crippen LogP contribution in [0.5, 0.6) is 0 Å². The standard InChI is InChI=1S/C22H29N7O6/c1-12(27-20(32)15(23)9-18(24)30)19(31)28-16(8-14-10-25-11-26-14)21(33)29-17(22(34)35)7-13-5-3-2-4-6-13/h2-6,10-12,15-17H,7-9,23H2,1H3,(H2,24,30)(H,25,26)(H,27,32)(H,28,31)(H,29,33)(H,34,35). The van der Waals surface area contributed by atoms with Gasteiger partial charge in [-0.3, -0.25) is 19.2 Å². The molecule has 1 aromatic heterocycles. The van der Waals surface area contributed by atoms with Crippen LogP contribution in [0.3, 0.4) is 0 Å². The Balaban J connectivity index is 2.09. The summed E-state index contributed by atoms with van der Waals surface area (Å²) < 4.78 is 0. The number of nitrogens with two attached hydrogens (primary N) is 2. The van der Waals surface area contributed by atoms with Crippen LogP contribution in [0.1, 0.15) is 24.6 Å². The first kappa shape index (κ1) is 27.0. The Hall–Kier alpha value is -4.26. The van der Waals surface area contributed by atoms with Gasteiger partial charge in [0, 0.05) is 24.7 Å². The number of hydrogen-bond acceptors (Lipinski definition) is 7. The number of nitrogens with one attached hydrogen (secondary N) is 4. The lowest BCUT2D eigenvalue weighted by Gasteiger charge is -2.23. The number of hydrogen-bond donors (Lipinski definition) is 7. The topological polar surface area (TPSA) is 222 Å². The molecular formula is C22H29N7O6. The first-order chi connectivity index (χ1) is 16.6. The average Bonchev–Trinajstić information content (AvgIpc) is 3.31. The van der Waals surface area contributed by atoms with Gasteiger partial charge < -0.3 is 37.5 Å². The summed E-state index contributed by atoms with van der Waals surface area (Å²) in [4.78, 5) is 67.2. The van der Waals surface area contributed by atoms with Crippen LogP contribution in [0.15, 0.2) is 42.9 Å². The van der Waals surface area contributed by atoms with Crippen molar-refractivity contribution in [2.45, 2.75) is 50.4 Å². The molecular weight excluding hydrogens is 458 g/mol. The second-order valence-electron chi connectivity index (χ2n) is 7.94. The predicted octanol–water partition coefficient (Wildman–Crippen LogP) is -2.04. The second kappa shape index (κ2) is 12.8. The van der Waals surface area contributed by atoms with Gasteiger partial charge in [0.2, 0.25) is 23.6 Å². The highest BCUT2D eigenvalue weighted by Crippen LogP contribution is 2.06. The Labute approximate surface area is 201 Å². The number of carboxylic acids is 1. The van der Waals surface area contributed by atoms with Crippen molar-refractivity contribution in [2.24, 2.45) is 11.5 Å². The summed E-state index contributed by atoms with van der Waals surface area (Å²) in [6, 6.07) is 3.99. The molecule has 0 aliphatic carbocycles. The third-order valence-corrected chi connectivity index (χ3v) is 5.02. The third kappa shape index (κ3) is 8.89. The fourth-order valence-corrected chi connectivity index (χ4v) is 3.14. The van der Waals surface area contributed by atoms with E-state index >= 15 is 0 Å². The quantitative estimate of drug-likeness (QED) is 0.166. The van der Waals surface area contributed by atoms with E-state index in [1.54, 1.807) is 30.3 Å². The zero-order valence-corrected chi connectivity index (χ0v) is 19.1. The van der Waals surface area contributed by atoms with E-state index in [0.717, 1.165) is 0 Å². The van der Waals surface area contributed by atoms with Crippen LogP contribution in [0, 0.1) is 0 Å². The molecule has 2 rings (SSSR count). The molecule has 1 aromatic carbocycles. The number of carbonyl (C=O) groups excluding carboxylic acids is 4. The lowest BCUT2D eigenvalue weighted by molar-refractivity contribution is -0.142. The Bertz CT molecular complexity index is 1030. The molecule has 0 aliphatic rings. The molecule has 4 atom stereocenters. The first-order valence-electron chi connectivity index (χ1n) is 10.8. The van der Waals surface area contributed by atoms with Crippen LogP contribution >= 0.6 is 0 Å². The van der Waals surface area contributed by atoms with Gasteiger partial charge in [-0.15, -0.1) is 0 Å². The fraction of sp³-hybridized carbons (Fsp3) is 0.364. The molecule has 0 bridgehead atoms. The molecule has 9 N–H and O–H groups in total. The summed E-state index contributed by atoms with van der Waals surface area (Å²) >= 11 is 0. The Morgan fingerprint density at radius 2 is 1.63 bits per heavy atom. The molecule has 0 saturated heterocycles. The van der Waals surface area contributed by atoms with Crippen LogP contribution in [0.2, 0.25) is 0 Å². The number of H-pyrrole nitrogens is 1. The minimum atomic E-state index is -1.24. The van der Waals surface area contributed by atoms with Gasteiger partial charge in [-0.05, 0) is 12.5 Å². The van der Waals surface area contributed by atoms with Crippen LogP contribution in [-0.2, 0) is 36.8 Å². The maximum Gasteiger partial charge on any atom is 0.326 e. The van der Waals surface area contributed by atoms with Crippen molar-refractivity contribution in [1.82, 2.24) is 25.9 Å². The molecule has 35 heavy (non-hydrogen) atoms. The van der Waals surface area contributed by atoms with E-state index in [4.69, 9.17) is 11.5 Å². The first-order valence-corrected chi connectivity index (χ1v) is 10.8. The number of benzene rings is 1. The minimum absolute atomic E-state index is 0.0168. The van der Waals surface area contributed by atoms with Crippen molar-refractivity contribution in [3.63, 3.8) is 0 Å². The van der Waals surface area contributed by atoms with Gasteiger partial charge in [0.25, 0.3) is 0 Å². The Morgan fingerprint density at radius 1 is 0.971 bits per heavy atom. The Morgan fingerprint density at radius 3 is 2.20 bits per heavy atom. The molecule has 0 aliphatic heterocycles. The lowest BCUT2D eigenvalue weighted by Crippen LogP contribution is -2.57. The number of nitrogens with zero attached hydrogens (tertiary/aromatic N) is 1. The van der Waals surface area contributed by atoms with E-state index in [1.807, 2.05) is 0 Å². The molecule has 4 amide bonds. The van der Waals surface area contributed by atoms with Gasteiger partial charge in [0.1, 0.15) is 18.1 Å². The molecule has 0 saturated carbocycles. The fourth-order valence-electron chi connectivity index (χ4n) is 3.14. The zero-order chi connectivity index (χ0) is 26.0. The number of aromatic nitrogens is 2. The van der Waals surface area contributed by atoms with E-state index < -0.39 is 60.2 Å². The Kier molecular flexibility index (Phi) is 9.90. The molecule has 1 heterocycles. The second-order valence-corrected chi connectivity index (χ2v) is 7.94. The zero-order valence-electron chi connectivity index (χ0n) is 19.1. The molecule has 2 aromatic rings. The largest absolute Gasteiger partial charge is 0.480 e. The smallest absolute Gasteiger partial charge is 0.326 e. The summed E-state index contributed by atoms with van der Waals surface area (Å²) in [5.41, 5.74) is 11.8. The molecule has 188 valence electrons. The van der Waals surface area contributed by atoms with E-state index in [0.29, 0.717) is 11.3 Å². The summed E-state index contributed by atoms with van der Waals surface area (Å²) in [6.07, 6.45) is 2.47. The molecule has 0 fully saturated rings. The van der Waals surface area contributed by atoms with Crippen LogP contribution < -0.4 is 27.4 Å². The van der Waals surface area contributed by atoms with Gasteiger partial charge >= 0.3 is 5.97 Å². The highest BCUT2D eigenvalue weighted by Gasteiger charge is 2.29. The predicted molar refractivity (Wildman–Crippen MR) is 123 cm³/mol. The van der Waals surface area contributed by atoms with Crippen LogP contribution in [0.25, 0.3) is 0 Å². The number of aromatic amines is 1. The third-order valence-electron chi connectivity index (χ3n) is 5.02. The van der Waals surface area contributed by atoms with E-state index in [1.165, 1.54) is 19.4 Å². The summed E-state index contributed by atoms with van der Waals surface area (Å²) in [5.74, 6) is -4.24. The van der Waals surface area contributed by atoms with Crippen molar-refractivity contribution in [1.29, 1.82) is 0 Å². The molecule has 4 unspecified atom stereocenters. The van der Waals surface area contributed by atoms with Gasteiger partial charge in [0.15, 0.2) is 0 Å². The van der Waals surface area contributed by atoms with Gasteiger partial charge in [-0.1, -0.05) is 30.3 Å². The van der Waals surface area contributed by atoms with Crippen molar-refractivity contribution in [2.75, 3.05) is 0 Å². The maximum absolute atomic E-state index is 13.0. The number of carbonyl (C=O) groups is 5.